The molecule has 1 fully saturated rings. The summed E-state index contributed by atoms with van der Waals surface area (Å²) in [5, 5.41) is 9.03. The quantitative estimate of drug-likeness (QED) is 0.786. The highest BCUT2D eigenvalue weighted by Crippen LogP contribution is 2.20. The minimum atomic E-state index is -0.459. The van der Waals surface area contributed by atoms with Gasteiger partial charge in [-0.1, -0.05) is 27.7 Å². The molecule has 4 heteroatoms. The van der Waals surface area contributed by atoms with Gasteiger partial charge in [0.2, 0.25) is 0 Å². The first-order valence-corrected chi connectivity index (χ1v) is 7.04. The molecule has 0 radical (unpaired) electrons. The molecule has 1 amide bonds. The zero-order chi connectivity index (χ0) is 14.8. The van der Waals surface area contributed by atoms with Crippen LogP contribution in [0.25, 0.3) is 0 Å². The molecule has 0 aromatic carbocycles. The highest BCUT2D eigenvalue weighted by Gasteiger charge is 2.31. The molecule has 18 heavy (non-hydrogen) atoms. The second kappa shape index (κ2) is 10.2. The average Bonchev–Trinajstić information content (AvgIpc) is 2.80. The van der Waals surface area contributed by atoms with Gasteiger partial charge in [-0.05, 0) is 33.6 Å². The van der Waals surface area contributed by atoms with Crippen molar-refractivity contribution in [2.24, 2.45) is 0 Å². The van der Waals surface area contributed by atoms with Gasteiger partial charge in [-0.2, -0.15) is 0 Å². The van der Waals surface area contributed by atoms with Crippen LogP contribution in [0.2, 0.25) is 0 Å². The fourth-order valence-electron chi connectivity index (χ4n) is 1.59. The Morgan fingerprint density at radius 2 is 1.78 bits per heavy atom. The van der Waals surface area contributed by atoms with Gasteiger partial charge in [-0.3, -0.25) is 0 Å². The van der Waals surface area contributed by atoms with Gasteiger partial charge in [0.15, 0.2) is 0 Å². The lowest BCUT2D eigenvalue weighted by Gasteiger charge is -2.27. The Morgan fingerprint density at radius 1 is 1.28 bits per heavy atom. The van der Waals surface area contributed by atoms with Crippen LogP contribution in [0.1, 0.15) is 61.3 Å². The van der Waals surface area contributed by atoms with Crippen LogP contribution in [-0.2, 0) is 4.74 Å². The van der Waals surface area contributed by atoms with Gasteiger partial charge in [0.1, 0.15) is 5.60 Å². The fourth-order valence-corrected chi connectivity index (χ4v) is 1.59. The van der Waals surface area contributed by atoms with Crippen molar-refractivity contribution in [1.29, 1.82) is 0 Å². The second-order valence-corrected chi connectivity index (χ2v) is 4.65. The summed E-state index contributed by atoms with van der Waals surface area (Å²) >= 11 is 0. The number of likely N-dealkylation sites (tertiary alicyclic amines) is 1. The number of hydrogen-bond donors (Lipinski definition) is 1. The lowest BCUT2D eigenvalue weighted by atomic mass is 10.2. The molecule has 1 unspecified atom stereocenters. The number of ether oxygens (including phenoxy) is 1. The Kier molecular flexibility index (Phi) is 11.1. The molecule has 110 valence electrons. The van der Waals surface area contributed by atoms with Crippen molar-refractivity contribution < 1.29 is 14.6 Å². The molecule has 1 heterocycles. The van der Waals surface area contributed by atoms with Gasteiger partial charge in [0, 0.05) is 6.54 Å². The Morgan fingerprint density at radius 3 is 2.17 bits per heavy atom. The van der Waals surface area contributed by atoms with Crippen LogP contribution in [0.5, 0.6) is 0 Å². The van der Waals surface area contributed by atoms with Gasteiger partial charge in [0.25, 0.3) is 0 Å². The zero-order valence-corrected chi connectivity index (χ0v) is 13.1. The summed E-state index contributed by atoms with van der Waals surface area (Å²) in [5.41, 5.74) is -0.459. The maximum Gasteiger partial charge on any atom is 0.410 e. The number of nitrogens with zero attached hydrogens (tertiary/aromatic N) is 1. The topological polar surface area (TPSA) is 49.8 Å². The molecule has 0 aromatic heterocycles. The van der Waals surface area contributed by atoms with Gasteiger partial charge in [-0.25, -0.2) is 4.79 Å². The molecular weight excluding hydrogens is 230 g/mol. The van der Waals surface area contributed by atoms with Crippen LogP contribution in [0.15, 0.2) is 0 Å². The van der Waals surface area contributed by atoms with Crippen molar-refractivity contribution in [1.82, 2.24) is 4.90 Å². The van der Waals surface area contributed by atoms with E-state index >= 15 is 0 Å². The molecule has 1 N–H and O–H groups in total. The van der Waals surface area contributed by atoms with E-state index < -0.39 is 5.60 Å². The molecule has 0 spiro atoms. The number of amides is 1. The van der Waals surface area contributed by atoms with E-state index in [1.165, 1.54) is 0 Å². The number of rotatable bonds is 1. The van der Waals surface area contributed by atoms with E-state index in [-0.39, 0.29) is 18.7 Å². The fraction of sp³-hybridized carbons (Fsp3) is 0.929. The van der Waals surface area contributed by atoms with Gasteiger partial charge in [-0.15, -0.1) is 0 Å². The Labute approximate surface area is 112 Å². The van der Waals surface area contributed by atoms with Crippen molar-refractivity contribution >= 4 is 6.09 Å². The Bertz CT molecular complexity index is 212. The van der Waals surface area contributed by atoms with Gasteiger partial charge >= 0.3 is 6.09 Å². The van der Waals surface area contributed by atoms with Crippen molar-refractivity contribution in [3.8, 4) is 0 Å². The van der Waals surface area contributed by atoms with Crippen molar-refractivity contribution in [3.63, 3.8) is 0 Å². The lowest BCUT2D eigenvalue weighted by Crippen LogP contribution is -2.41. The predicted octanol–water partition coefficient (Wildman–Crippen LogP) is 3.43. The van der Waals surface area contributed by atoms with Gasteiger partial charge in [0.05, 0.1) is 12.6 Å². The van der Waals surface area contributed by atoms with Crippen molar-refractivity contribution in [2.75, 3.05) is 13.2 Å². The molecule has 0 saturated carbocycles. The minimum absolute atomic E-state index is 0.0270. The first kappa shape index (κ1) is 19.6. The molecule has 1 aliphatic heterocycles. The Balaban J connectivity index is 0. The minimum Gasteiger partial charge on any atom is -0.444 e. The molecule has 1 rings (SSSR count). The summed E-state index contributed by atoms with van der Waals surface area (Å²) in [5.74, 6) is 0. The van der Waals surface area contributed by atoms with Crippen LogP contribution >= 0.6 is 0 Å². The molecular formula is C14H31NO3. The van der Waals surface area contributed by atoms with Crippen molar-refractivity contribution in [2.45, 2.75) is 73.0 Å². The summed E-state index contributed by atoms with van der Waals surface area (Å²) < 4.78 is 5.23. The maximum atomic E-state index is 11.6. The van der Waals surface area contributed by atoms with E-state index in [9.17, 15) is 4.79 Å². The number of hydrogen-bond acceptors (Lipinski definition) is 3. The molecule has 1 aliphatic rings. The normalized spacial score (nSPS) is 18.2. The summed E-state index contributed by atoms with van der Waals surface area (Å²) in [6, 6.07) is -0.0511. The highest BCUT2D eigenvalue weighted by molar-refractivity contribution is 5.68. The van der Waals surface area contributed by atoms with E-state index in [1.54, 1.807) is 4.90 Å². The van der Waals surface area contributed by atoms with E-state index in [0.717, 1.165) is 12.8 Å². The summed E-state index contributed by atoms with van der Waals surface area (Å²) in [7, 11) is 0. The number of aliphatic hydroxyl groups is 1. The van der Waals surface area contributed by atoms with Crippen LogP contribution in [0.4, 0.5) is 4.79 Å². The molecule has 4 nitrogen and oxygen atoms in total. The first-order chi connectivity index (χ1) is 8.44. The van der Waals surface area contributed by atoms with E-state index in [0.29, 0.717) is 6.54 Å². The monoisotopic (exact) mass is 261 g/mol. The third-order valence-corrected chi connectivity index (χ3v) is 2.22. The first-order valence-electron chi connectivity index (χ1n) is 7.04. The van der Waals surface area contributed by atoms with Crippen LogP contribution < -0.4 is 0 Å². The molecule has 0 bridgehead atoms. The molecule has 0 aromatic rings. The number of aliphatic hydroxyl groups excluding tert-OH is 1. The largest absolute Gasteiger partial charge is 0.444 e. The summed E-state index contributed by atoms with van der Waals surface area (Å²) in [4.78, 5) is 13.2. The zero-order valence-electron chi connectivity index (χ0n) is 13.1. The third-order valence-electron chi connectivity index (χ3n) is 2.22. The SMILES string of the molecule is CC.CC.CC(C)(C)OC(=O)N1CCCC1CO. The molecule has 1 saturated heterocycles. The van der Waals surface area contributed by atoms with E-state index in [1.807, 2.05) is 48.5 Å². The maximum absolute atomic E-state index is 11.6. The number of carbonyl (C=O) groups excluding carboxylic acids is 1. The predicted molar refractivity (Wildman–Crippen MR) is 75.7 cm³/mol. The van der Waals surface area contributed by atoms with Gasteiger partial charge < -0.3 is 14.7 Å². The summed E-state index contributed by atoms with van der Waals surface area (Å²) in [6.07, 6.45) is 1.51. The van der Waals surface area contributed by atoms with Crippen molar-refractivity contribution in [3.05, 3.63) is 0 Å². The smallest absolute Gasteiger partial charge is 0.410 e. The summed E-state index contributed by atoms with van der Waals surface area (Å²) in [6.45, 7) is 14.2. The highest BCUT2D eigenvalue weighted by atomic mass is 16.6. The molecule has 1 atom stereocenters. The third kappa shape index (κ3) is 7.54. The lowest BCUT2D eigenvalue weighted by molar-refractivity contribution is 0.0176. The average molecular weight is 261 g/mol. The van der Waals surface area contributed by atoms with E-state index in [4.69, 9.17) is 9.84 Å². The second-order valence-electron chi connectivity index (χ2n) is 4.65. The van der Waals surface area contributed by atoms with Crippen LogP contribution in [0, 0.1) is 0 Å². The van der Waals surface area contributed by atoms with Crippen LogP contribution in [0.3, 0.4) is 0 Å². The Hall–Kier alpha value is -0.770. The van der Waals surface area contributed by atoms with Crippen LogP contribution in [-0.4, -0.2) is 40.9 Å². The van der Waals surface area contributed by atoms with E-state index in [2.05, 4.69) is 0 Å². The number of carbonyl (C=O) groups is 1. The molecule has 0 aliphatic carbocycles. The standard InChI is InChI=1S/C10H19NO3.2C2H6/c1-10(2,3)14-9(13)11-6-4-5-8(11)7-12;2*1-2/h8,12H,4-7H2,1-3H3;2*1-2H3.